The summed E-state index contributed by atoms with van der Waals surface area (Å²) in [6.07, 6.45) is 1.59. The van der Waals surface area contributed by atoms with Crippen LogP contribution in [-0.4, -0.2) is 24.5 Å². The summed E-state index contributed by atoms with van der Waals surface area (Å²) in [5, 5.41) is 11.5. The molecule has 5 aromatic rings. The number of non-ortho nitro benzene ring substituents is 1. The Hall–Kier alpha value is -4.41. The number of hydrogen-bond acceptors (Lipinski definition) is 7. The van der Waals surface area contributed by atoms with Gasteiger partial charge in [-0.05, 0) is 67.1 Å². The minimum absolute atomic E-state index is 0.000450. The molecule has 0 amide bonds. The van der Waals surface area contributed by atoms with E-state index in [1.54, 1.807) is 60.8 Å². The second kappa shape index (κ2) is 9.92. The number of benzene rings is 4. The number of aromatic nitrogens is 1. The van der Waals surface area contributed by atoms with E-state index < -0.39 is 14.9 Å². The number of para-hydroxylation sites is 1. The lowest BCUT2D eigenvalue weighted by Crippen LogP contribution is -2.13. The Morgan fingerprint density at radius 2 is 1.70 bits per heavy atom. The number of hydrogen-bond donors (Lipinski definition) is 1. The molecule has 0 saturated heterocycles. The summed E-state index contributed by atoms with van der Waals surface area (Å²) in [4.78, 5) is 19.8. The van der Waals surface area contributed by atoms with Gasteiger partial charge in [0.15, 0.2) is 0 Å². The van der Waals surface area contributed by atoms with Gasteiger partial charge in [-0.3, -0.25) is 19.8 Å². The van der Waals surface area contributed by atoms with Crippen molar-refractivity contribution in [2.45, 2.75) is 11.8 Å². The molecule has 0 aliphatic heterocycles. The van der Waals surface area contributed by atoms with Gasteiger partial charge < -0.3 is 0 Å². The summed E-state index contributed by atoms with van der Waals surface area (Å²) < 4.78 is 30.0. The molecule has 4 aromatic carbocycles. The van der Waals surface area contributed by atoms with Crippen LogP contribution < -0.4 is 4.72 Å². The van der Waals surface area contributed by atoms with E-state index in [1.165, 1.54) is 23.5 Å². The Morgan fingerprint density at radius 3 is 2.41 bits per heavy atom. The van der Waals surface area contributed by atoms with Crippen LogP contribution in [0.2, 0.25) is 0 Å². The first-order chi connectivity index (χ1) is 17.8. The maximum absolute atomic E-state index is 13.1. The van der Waals surface area contributed by atoms with E-state index in [0.29, 0.717) is 27.5 Å². The molecular weight excluding hydrogens is 508 g/mol. The van der Waals surface area contributed by atoms with E-state index in [1.807, 2.05) is 31.2 Å². The van der Waals surface area contributed by atoms with Crippen molar-refractivity contribution >= 4 is 54.9 Å². The zero-order valence-corrected chi connectivity index (χ0v) is 21.2. The maximum Gasteiger partial charge on any atom is 0.269 e. The molecule has 0 atom stereocenters. The number of anilines is 1. The Balaban J connectivity index is 1.53. The number of nitro benzene ring substituents is 1. The predicted molar refractivity (Wildman–Crippen MR) is 147 cm³/mol. The molecule has 0 bridgehead atoms. The monoisotopic (exact) mass is 528 g/mol. The number of aliphatic imine (C=N–C) groups is 1. The van der Waals surface area contributed by atoms with Gasteiger partial charge in [-0.1, -0.05) is 29.8 Å². The number of nitrogens with zero attached hydrogens (tertiary/aromatic N) is 3. The largest absolute Gasteiger partial charge is 0.279 e. The van der Waals surface area contributed by atoms with Gasteiger partial charge in [-0.2, -0.15) is 0 Å². The third kappa shape index (κ3) is 5.40. The van der Waals surface area contributed by atoms with E-state index >= 15 is 0 Å². The summed E-state index contributed by atoms with van der Waals surface area (Å²) in [6.45, 7) is 1.89. The van der Waals surface area contributed by atoms with E-state index in [2.05, 4.69) is 9.71 Å². The van der Waals surface area contributed by atoms with Crippen LogP contribution in [0.15, 0.2) is 101 Å². The van der Waals surface area contributed by atoms with Crippen molar-refractivity contribution in [1.82, 2.24) is 4.98 Å². The highest BCUT2D eigenvalue weighted by Crippen LogP contribution is 2.37. The number of nitrogens with one attached hydrogen (secondary N) is 1. The first-order valence-corrected chi connectivity index (χ1v) is 13.5. The minimum Gasteiger partial charge on any atom is -0.279 e. The van der Waals surface area contributed by atoms with Gasteiger partial charge in [0, 0.05) is 23.9 Å². The van der Waals surface area contributed by atoms with Gasteiger partial charge >= 0.3 is 0 Å². The second-order valence-electron chi connectivity index (χ2n) is 8.24. The van der Waals surface area contributed by atoms with Crippen molar-refractivity contribution in [3.05, 3.63) is 112 Å². The Bertz CT molecular complexity index is 1710. The zero-order valence-electron chi connectivity index (χ0n) is 19.5. The standard InChI is InChI=1S/C27H20N4O4S2/c1-18-6-13-22(14-7-18)37(34,35)30-24-15-10-20(28-17-19-8-11-21(12-9-19)31(32)33)16-23(24)27-29-25-4-2-3-5-26(25)36-27/h2-17,30H,1H3. The van der Waals surface area contributed by atoms with Crippen LogP contribution in [0.3, 0.4) is 0 Å². The van der Waals surface area contributed by atoms with Gasteiger partial charge in [-0.25, -0.2) is 13.4 Å². The molecule has 1 heterocycles. The van der Waals surface area contributed by atoms with Crippen molar-refractivity contribution in [2.24, 2.45) is 4.99 Å². The van der Waals surface area contributed by atoms with Gasteiger partial charge in [-0.15, -0.1) is 11.3 Å². The highest BCUT2D eigenvalue weighted by atomic mass is 32.2. The summed E-state index contributed by atoms with van der Waals surface area (Å²) in [5.41, 5.74) is 4.02. The summed E-state index contributed by atoms with van der Waals surface area (Å²) in [6, 6.07) is 25.5. The van der Waals surface area contributed by atoms with Crippen LogP contribution in [0.4, 0.5) is 17.1 Å². The lowest BCUT2D eigenvalue weighted by molar-refractivity contribution is -0.384. The molecule has 0 fully saturated rings. The minimum atomic E-state index is -3.84. The average Bonchev–Trinajstić information content (AvgIpc) is 3.32. The van der Waals surface area contributed by atoms with Crippen LogP contribution in [0.25, 0.3) is 20.8 Å². The molecule has 0 aliphatic rings. The van der Waals surface area contributed by atoms with E-state index in [0.717, 1.165) is 15.8 Å². The Labute approximate surface area is 217 Å². The fraction of sp³-hybridized carbons (Fsp3) is 0.0370. The molecule has 1 N–H and O–H groups in total. The van der Waals surface area contributed by atoms with Crippen LogP contribution in [-0.2, 0) is 10.0 Å². The van der Waals surface area contributed by atoms with Crippen LogP contribution in [0.1, 0.15) is 11.1 Å². The fourth-order valence-corrected chi connectivity index (χ4v) is 5.69. The molecule has 37 heavy (non-hydrogen) atoms. The van der Waals surface area contributed by atoms with Crippen molar-refractivity contribution in [1.29, 1.82) is 0 Å². The number of sulfonamides is 1. The third-order valence-corrected chi connectivity index (χ3v) is 8.02. The van der Waals surface area contributed by atoms with Gasteiger partial charge in [0.05, 0.1) is 31.4 Å². The van der Waals surface area contributed by atoms with Crippen molar-refractivity contribution in [3.8, 4) is 10.6 Å². The summed E-state index contributed by atoms with van der Waals surface area (Å²) in [7, 11) is -3.84. The second-order valence-corrected chi connectivity index (χ2v) is 11.0. The molecule has 10 heteroatoms. The quantitative estimate of drug-likeness (QED) is 0.143. The highest BCUT2D eigenvalue weighted by molar-refractivity contribution is 7.92. The van der Waals surface area contributed by atoms with E-state index in [-0.39, 0.29) is 10.6 Å². The first kappa shape index (κ1) is 24.3. The Morgan fingerprint density at radius 1 is 0.973 bits per heavy atom. The van der Waals surface area contributed by atoms with Crippen LogP contribution in [0.5, 0.6) is 0 Å². The smallest absolute Gasteiger partial charge is 0.269 e. The zero-order chi connectivity index (χ0) is 26.0. The molecule has 0 saturated carbocycles. The van der Waals surface area contributed by atoms with E-state index in [9.17, 15) is 18.5 Å². The van der Waals surface area contributed by atoms with Crippen LogP contribution in [0, 0.1) is 17.0 Å². The molecule has 184 valence electrons. The van der Waals surface area contributed by atoms with Crippen molar-refractivity contribution < 1.29 is 13.3 Å². The van der Waals surface area contributed by atoms with Gasteiger partial charge in [0.1, 0.15) is 5.01 Å². The fourth-order valence-electron chi connectivity index (χ4n) is 3.62. The van der Waals surface area contributed by atoms with Gasteiger partial charge in [0.2, 0.25) is 0 Å². The molecular formula is C27H20N4O4S2. The Kier molecular flexibility index (Phi) is 6.51. The topological polar surface area (TPSA) is 115 Å². The third-order valence-electron chi connectivity index (χ3n) is 5.57. The molecule has 0 aliphatic carbocycles. The van der Waals surface area contributed by atoms with Crippen molar-refractivity contribution in [3.63, 3.8) is 0 Å². The molecule has 0 spiro atoms. The number of fused-ring (bicyclic) bond motifs is 1. The number of thiazole rings is 1. The van der Waals surface area contributed by atoms with Gasteiger partial charge in [0.25, 0.3) is 15.7 Å². The molecule has 8 nitrogen and oxygen atoms in total. The average molecular weight is 529 g/mol. The van der Waals surface area contributed by atoms with Crippen molar-refractivity contribution in [2.75, 3.05) is 4.72 Å². The maximum atomic E-state index is 13.1. The number of aryl methyl sites for hydroxylation is 1. The number of rotatable bonds is 7. The number of nitro groups is 1. The predicted octanol–water partition coefficient (Wildman–Crippen LogP) is 6.73. The first-order valence-electron chi connectivity index (χ1n) is 11.2. The lowest BCUT2D eigenvalue weighted by Gasteiger charge is -2.12. The lowest BCUT2D eigenvalue weighted by atomic mass is 10.1. The molecule has 5 rings (SSSR count). The molecule has 0 radical (unpaired) electrons. The van der Waals surface area contributed by atoms with Crippen LogP contribution >= 0.6 is 11.3 Å². The van der Waals surface area contributed by atoms with E-state index in [4.69, 9.17) is 4.98 Å². The normalized spacial score (nSPS) is 11.7. The summed E-state index contributed by atoms with van der Waals surface area (Å²) in [5.74, 6) is 0. The summed E-state index contributed by atoms with van der Waals surface area (Å²) >= 11 is 1.45. The highest BCUT2D eigenvalue weighted by Gasteiger charge is 2.19. The molecule has 1 aromatic heterocycles. The molecule has 0 unspecified atom stereocenters. The SMILES string of the molecule is Cc1ccc(S(=O)(=O)Nc2ccc(N=Cc3ccc([N+](=O)[O-])cc3)cc2-c2nc3ccccc3s2)cc1.